The normalized spacial score (nSPS) is 18.4. The summed E-state index contributed by atoms with van der Waals surface area (Å²) in [6.07, 6.45) is 3.81. The standard InChI is InChI=1S/C24H25NO4/c1-28-23(26)20-11-9-19(10-12-20)22-15-21(18-7-8-18)13-14-25(22)24(27)29-16-17-5-3-2-4-6-17/h2-6,9-12,22H,7-8,13-16H2,1H3/t22-/m0/s1. The molecular formula is C24H25NO4. The predicted octanol–water partition coefficient (Wildman–Crippen LogP) is 5.04. The summed E-state index contributed by atoms with van der Waals surface area (Å²) < 4.78 is 10.4. The Morgan fingerprint density at radius 2 is 1.69 bits per heavy atom. The Morgan fingerprint density at radius 3 is 2.34 bits per heavy atom. The minimum absolute atomic E-state index is 0.0816. The van der Waals surface area contributed by atoms with Gasteiger partial charge in [0.25, 0.3) is 0 Å². The monoisotopic (exact) mass is 391 g/mol. The zero-order chi connectivity index (χ0) is 20.2. The van der Waals surface area contributed by atoms with Crippen molar-refractivity contribution < 1.29 is 19.1 Å². The Labute approximate surface area is 170 Å². The topological polar surface area (TPSA) is 55.8 Å². The molecule has 0 unspecified atom stereocenters. The minimum Gasteiger partial charge on any atom is -0.465 e. The maximum atomic E-state index is 12.9. The molecular weight excluding hydrogens is 366 g/mol. The van der Waals surface area contributed by atoms with Gasteiger partial charge in [-0.2, -0.15) is 0 Å². The summed E-state index contributed by atoms with van der Waals surface area (Å²) in [5.41, 5.74) is 5.49. The van der Waals surface area contributed by atoms with Crippen molar-refractivity contribution in [2.75, 3.05) is 13.7 Å². The molecule has 1 atom stereocenters. The summed E-state index contributed by atoms with van der Waals surface area (Å²) in [4.78, 5) is 26.4. The van der Waals surface area contributed by atoms with E-state index in [-0.39, 0.29) is 24.7 Å². The third-order valence-electron chi connectivity index (χ3n) is 5.63. The number of rotatable bonds is 4. The molecule has 1 aliphatic heterocycles. The maximum absolute atomic E-state index is 12.9. The molecule has 0 spiro atoms. The number of ether oxygens (including phenoxy) is 2. The number of piperidine rings is 1. The van der Waals surface area contributed by atoms with Gasteiger partial charge in [0.1, 0.15) is 6.61 Å². The molecule has 150 valence electrons. The van der Waals surface area contributed by atoms with E-state index in [0.29, 0.717) is 12.1 Å². The van der Waals surface area contributed by atoms with Crippen LogP contribution in [-0.2, 0) is 16.1 Å². The highest BCUT2D eigenvalue weighted by Crippen LogP contribution is 2.42. The predicted molar refractivity (Wildman–Crippen MR) is 109 cm³/mol. The second-order valence-electron chi connectivity index (χ2n) is 7.52. The van der Waals surface area contributed by atoms with E-state index in [1.54, 1.807) is 17.7 Å². The number of carbonyl (C=O) groups is 2. The number of likely N-dealkylation sites (tertiary alicyclic amines) is 1. The molecule has 1 saturated carbocycles. The van der Waals surface area contributed by atoms with Crippen molar-refractivity contribution in [3.8, 4) is 0 Å². The zero-order valence-corrected chi connectivity index (χ0v) is 16.6. The molecule has 0 bridgehead atoms. The first kappa shape index (κ1) is 19.2. The van der Waals surface area contributed by atoms with E-state index in [9.17, 15) is 9.59 Å². The van der Waals surface area contributed by atoms with E-state index in [1.807, 2.05) is 47.4 Å². The number of amides is 1. The number of benzene rings is 2. The van der Waals surface area contributed by atoms with Crippen molar-refractivity contribution in [3.63, 3.8) is 0 Å². The van der Waals surface area contributed by atoms with Crippen molar-refractivity contribution in [1.82, 2.24) is 4.90 Å². The number of hydrogen-bond donors (Lipinski definition) is 0. The Hall–Kier alpha value is -3.08. The summed E-state index contributed by atoms with van der Waals surface area (Å²) >= 11 is 0. The summed E-state index contributed by atoms with van der Waals surface area (Å²) in [5.74, 6) is -0.361. The van der Waals surface area contributed by atoms with Crippen molar-refractivity contribution in [3.05, 3.63) is 82.4 Å². The van der Waals surface area contributed by atoms with Crippen LogP contribution in [0.1, 0.15) is 53.2 Å². The largest absolute Gasteiger partial charge is 0.465 e. The summed E-state index contributed by atoms with van der Waals surface area (Å²) in [7, 11) is 1.37. The van der Waals surface area contributed by atoms with Crippen LogP contribution in [0.3, 0.4) is 0 Å². The fourth-order valence-corrected chi connectivity index (χ4v) is 3.87. The second-order valence-corrected chi connectivity index (χ2v) is 7.52. The molecule has 29 heavy (non-hydrogen) atoms. The van der Waals surface area contributed by atoms with E-state index >= 15 is 0 Å². The first-order valence-electron chi connectivity index (χ1n) is 10.0. The average molecular weight is 391 g/mol. The van der Waals surface area contributed by atoms with Gasteiger partial charge < -0.3 is 14.4 Å². The molecule has 0 N–H and O–H groups in total. The third kappa shape index (κ3) is 4.50. The van der Waals surface area contributed by atoms with Crippen LogP contribution in [0.4, 0.5) is 4.79 Å². The lowest BCUT2D eigenvalue weighted by Crippen LogP contribution is -2.39. The molecule has 2 aromatic rings. The van der Waals surface area contributed by atoms with E-state index in [0.717, 1.165) is 24.0 Å². The molecule has 1 heterocycles. The van der Waals surface area contributed by atoms with Gasteiger partial charge in [-0.15, -0.1) is 0 Å². The van der Waals surface area contributed by atoms with Crippen LogP contribution in [0.25, 0.3) is 0 Å². The highest BCUT2D eigenvalue weighted by molar-refractivity contribution is 5.89. The lowest BCUT2D eigenvalue weighted by Gasteiger charge is -2.36. The van der Waals surface area contributed by atoms with Gasteiger partial charge >= 0.3 is 12.1 Å². The number of esters is 1. The first-order chi connectivity index (χ1) is 14.2. The van der Waals surface area contributed by atoms with Crippen LogP contribution in [0.15, 0.2) is 65.7 Å². The SMILES string of the molecule is COC(=O)c1ccc([C@@H]2CC(=C3CC3)CCN2C(=O)OCc2ccccc2)cc1. The highest BCUT2D eigenvalue weighted by atomic mass is 16.6. The van der Waals surface area contributed by atoms with Gasteiger partial charge in [0.15, 0.2) is 0 Å². The van der Waals surface area contributed by atoms with Gasteiger partial charge in [-0.3, -0.25) is 0 Å². The second kappa shape index (κ2) is 8.52. The van der Waals surface area contributed by atoms with Gasteiger partial charge in [0.2, 0.25) is 0 Å². The number of methoxy groups -OCH3 is 1. The van der Waals surface area contributed by atoms with Crippen molar-refractivity contribution >= 4 is 12.1 Å². The van der Waals surface area contributed by atoms with Gasteiger partial charge in [0, 0.05) is 6.54 Å². The number of hydrogen-bond acceptors (Lipinski definition) is 4. The van der Waals surface area contributed by atoms with Crippen LogP contribution in [-0.4, -0.2) is 30.6 Å². The van der Waals surface area contributed by atoms with E-state index in [4.69, 9.17) is 9.47 Å². The van der Waals surface area contributed by atoms with Crippen LogP contribution in [0.2, 0.25) is 0 Å². The van der Waals surface area contributed by atoms with Gasteiger partial charge in [-0.25, -0.2) is 9.59 Å². The lowest BCUT2D eigenvalue weighted by molar-refractivity contribution is 0.0599. The summed E-state index contributed by atoms with van der Waals surface area (Å²) in [5, 5.41) is 0. The smallest absolute Gasteiger partial charge is 0.410 e. The fraction of sp³-hybridized carbons (Fsp3) is 0.333. The van der Waals surface area contributed by atoms with E-state index in [2.05, 4.69) is 0 Å². The minimum atomic E-state index is -0.361. The molecule has 0 radical (unpaired) electrons. The van der Waals surface area contributed by atoms with Crippen LogP contribution in [0, 0.1) is 0 Å². The Kier molecular flexibility index (Phi) is 5.65. The van der Waals surface area contributed by atoms with Crippen molar-refractivity contribution in [1.29, 1.82) is 0 Å². The molecule has 4 rings (SSSR count). The molecule has 1 amide bonds. The molecule has 2 aliphatic rings. The summed E-state index contributed by atoms with van der Waals surface area (Å²) in [6, 6.07) is 17.0. The summed E-state index contributed by atoms with van der Waals surface area (Å²) in [6.45, 7) is 0.911. The van der Waals surface area contributed by atoms with Crippen molar-refractivity contribution in [2.45, 2.75) is 38.3 Å². The van der Waals surface area contributed by atoms with Crippen LogP contribution >= 0.6 is 0 Å². The van der Waals surface area contributed by atoms with Gasteiger partial charge in [-0.1, -0.05) is 53.6 Å². The van der Waals surface area contributed by atoms with Gasteiger partial charge in [-0.05, 0) is 48.9 Å². The zero-order valence-electron chi connectivity index (χ0n) is 16.6. The Morgan fingerprint density at radius 1 is 0.966 bits per heavy atom. The molecule has 2 fully saturated rings. The molecule has 1 saturated heterocycles. The van der Waals surface area contributed by atoms with Crippen molar-refractivity contribution in [2.24, 2.45) is 0 Å². The molecule has 0 aromatic heterocycles. The maximum Gasteiger partial charge on any atom is 0.410 e. The number of carbonyl (C=O) groups excluding carboxylic acids is 2. The van der Waals surface area contributed by atoms with E-state index in [1.165, 1.54) is 25.5 Å². The van der Waals surface area contributed by atoms with E-state index < -0.39 is 0 Å². The average Bonchev–Trinajstić information content (AvgIpc) is 3.63. The molecule has 1 aliphatic carbocycles. The Balaban J connectivity index is 1.52. The van der Waals surface area contributed by atoms with Crippen LogP contribution in [0.5, 0.6) is 0 Å². The third-order valence-corrected chi connectivity index (χ3v) is 5.63. The quantitative estimate of drug-likeness (QED) is 0.541. The van der Waals surface area contributed by atoms with Gasteiger partial charge in [0.05, 0.1) is 18.7 Å². The Bertz CT molecular complexity index is 912. The first-order valence-corrected chi connectivity index (χ1v) is 10.0. The lowest BCUT2D eigenvalue weighted by atomic mass is 9.90. The number of nitrogens with zero attached hydrogens (tertiary/aromatic N) is 1. The number of allylic oxidation sites excluding steroid dienone is 1. The molecule has 5 heteroatoms. The highest BCUT2D eigenvalue weighted by Gasteiger charge is 2.33. The molecule has 2 aromatic carbocycles. The van der Waals surface area contributed by atoms with Crippen LogP contribution < -0.4 is 0 Å². The fourth-order valence-electron chi connectivity index (χ4n) is 3.87. The molecule has 5 nitrogen and oxygen atoms in total.